The van der Waals surface area contributed by atoms with Gasteiger partial charge in [-0.15, -0.1) is 0 Å². The van der Waals surface area contributed by atoms with Gasteiger partial charge in [0.1, 0.15) is 11.4 Å². The molecule has 4 rings (SSSR count). The molecular weight excluding hydrogens is 533 g/mol. The van der Waals surface area contributed by atoms with E-state index in [2.05, 4.69) is 32.4 Å². The molecule has 0 atom stereocenters. The van der Waals surface area contributed by atoms with Crippen LogP contribution in [-0.2, 0) is 16.3 Å². The van der Waals surface area contributed by atoms with E-state index in [9.17, 15) is 21.6 Å². The third-order valence-corrected chi connectivity index (χ3v) is 7.57. The van der Waals surface area contributed by atoms with E-state index in [1.54, 1.807) is 12.1 Å². The van der Waals surface area contributed by atoms with Crippen LogP contribution in [0.2, 0.25) is 0 Å². The summed E-state index contributed by atoms with van der Waals surface area (Å²) in [5.74, 6) is 5.88. The van der Waals surface area contributed by atoms with Crippen LogP contribution in [0, 0.1) is 11.8 Å². The fourth-order valence-corrected chi connectivity index (χ4v) is 5.10. The van der Waals surface area contributed by atoms with Gasteiger partial charge in [0.2, 0.25) is 0 Å². The Bertz CT molecular complexity index is 1520. The molecule has 1 saturated heterocycles. The number of nitrogens with zero attached hydrogens (tertiary/aromatic N) is 3. The lowest BCUT2D eigenvalue weighted by molar-refractivity contribution is -0.128. The summed E-state index contributed by atoms with van der Waals surface area (Å²) in [5.41, 5.74) is 7.67. The van der Waals surface area contributed by atoms with Crippen molar-refractivity contribution in [3.05, 3.63) is 41.9 Å². The van der Waals surface area contributed by atoms with Crippen molar-refractivity contribution < 1.29 is 26.3 Å². The lowest BCUT2D eigenvalue weighted by Gasteiger charge is -2.30. The number of likely N-dealkylation sites (tertiary alicyclic amines) is 1. The van der Waals surface area contributed by atoms with E-state index in [0.717, 1.165) is 32.2 Å². The second-order valence-corrected chi connectivity index (χ2v) is 11.6. The molecule has 0 aliphatic carbocycles. The number of ether oxygens (including phenoxy) is 1. The van der Waals surface area contributed by atoms with Crippen LogP contribution in [0.4, 0.5) is 30.2 Å². The highest BCUT2D eigenvalue weighted by atomic mass is 32.2. The predicted molar refractivity (Wildman–Crippen MR) is 145 cm³/mol. The normalized spacial score (nSPS) is 15.1. The minimum absolute atomic E-state index is 0.00513. The number of anilines is 3. The Labute approximate surface area is 225 Å². The quantitative estimate of drug-likeness (QED) is 0.375. The number of imidazole rings is 1. The minimum atomic E-state index is -4.48. The molecule has 0 bridgehead atoms. The molecule has 1 aromatic carbocycles. The molecule has 2 aromatic heterocycles. The number of nitrogen functional groups attached to an aromatic ring is 1. The number of aromatic nitrogens is 2. The smallest absolute Gasteiger partial charge is 0.394 e. The summed E-state index contributed by atoms with van der Waals surface area (Å²) in [6.07, 6.45) is -1.40. The van der Waals surface area contributed by atoms with Crippen molar-refractivity contribution in [2.75, 3.05) is 56.4 Å². The first-order valence-electron chi connectivity index (χ1n) is 12.3. The molecule has 0 amide bonds. The van der Waals surface area contributed by atoms with Crippen LogP contribution in [0.5, 0.6) is 5.75 Å². The van der Waals surface area contributed by atoms with Crippen molar-refractivity contribution in [1.29, 1.82) is 0 Å². The van der Waals surface area contributed by atoms with Crippen molar-refractivity contribution >= 4 is 32.5 Å². The Morgan fingerprint density at radius 2 is 1.92 bits per heavy atom. The zero-order valence-electron chi connectivity index (χ0n) is 21.9. The molecule has 0 spiro atoms. The van der Waals surface area contributed by atoms with Gasteiger partial charge in [0.15, 0.2) is 15.5 Å². The van der Waals surface area contributed by atoms with Gasteiger partial charge in [0, 0.05) is 24.6 Å². The van der Waals surface area contributed by atoms with Crippen molar-refractivity contribution in [1.82, 2.24) is 14.3 Å². The maximum absolute atomic E-state index is 13.5. The molecule has 13 heteroatoms. The Kier molecular flexibility index (Phi) is 8.17. The van der Waals surface area contributed by atoms with Crippen LogP contribution in [0.25, 0.3) is 5.65 Å². The summed E-state index contributed by atoms with van der Waals surface area (Å²) in [6, 6.07) is 6.19. The lowest BCUT2D eigenvalue weighted by atomic mass is 10.1. The minimum Gasteiger partial charge on any atom is -0.495 e. The van der Waals surface area contributed by atoms with Gasteiger partial charge in [0.05, 0.1) is 47.7 Å². The third-order valence-electron chi connectivity index (χ3n) is 6.46. The fourth-order valence-electron chi connectivity index (χ4n) is 4.47. The van der Waals surface area contributed by atoms with Gasteiger partial charge < -0.3 is 26.0 Å². The number of alkyl halides is 3. The molecular formula is C26H31F3N6O3S. The number of hydrogen-bond acceptors (Lipinski definition) is 8. The second-order valence-electron chi connectivity index (χ2n) is 9.59. The van der Waals surface area contributed by atoms with Crippen molar-refractivity contribution in [2.24, 2.45) is 0 Å². The van der Waals surface area contributed by atoms with Crippen LogP contribution in [0.1, 0.15) is 24.2 Å². The lowest BCUT2D eigenvalue weighted by Crippen LogP contribution is -2.36. The molecule has 9 nitrogen and oxygen atoms in total. The van der Waals surface area contributed by atoms with E-state index in [1.165, 1.54) is 29.8 Å². The molecule has 3 heterocycles. The molecule has 0 radical (unpaired) electrons. The zero-order valence-corrected chi connectivity index (χ0v) is 22.7. The van der Waals surface area contributed by atoms with Gasteiger partial charge in [-0.1, -0.05) is 5.92 Å². The number of rotatable bonds is 7. The fraction of sp³-hybridized carbons (Fsp3) is 0.423. The van der Waals surface area contributed by atoms with E-state index in [0.29, 0.717) is 28.5 Å². The maximum atomic E-state index is 13.5. The summed E-state index contributed by atoms with van der Waals surface area (Å²) >= 11 is 0. The molecule has 39 heavy (non-hydrogen) atoms. The Morgan fingerprint density at radius 3 is 2.56 bits per heavy atom. The van der Waals surface area contributed by atoms with Crippen LogP contribution in [0.15, 0.2) is 35.4 Å². The Morgan fingerprint density at radius 1 is 1.21 bits per heavy atom. The number of hydrogen-bond donors (Lipinski definition) is 3. The number of halogens is 3. The molecule has 1 fully saturated rings. The average molecular weight is 565 g/mol. The Hall–Kier alpha value is -3.63. The van der Waals surface area contributed by atoms with Crippen molar-refractivity contribution in [3.63, 3.8) is 0 Å². The first kappa shape index (κ1) is 28.4. The van der Waals surface area contributed by atoms with Crippen LogP contribution < -0.4 is 21.1 Å². The molecule has 0 unspecified atom stereocenters. The van der Waals surface area contributed by atoms with Crippen molar-refractivity contribution in [2.45, 2.75) is 36.4 Å². The zero-order chi connectivity index (χ0) is 28.4. The first-order chi connectivity index (χ1) is 18.3. The standard InChI is InChI=1S/C26H31F3N6O3S/c1-34-11-8-18(9-12-34)32-22-13-17(30)16-35-23(15-26(27,28)29)20(33-25(22)35)5-4-10-31-21-7-6-19(39(3,36)37)14-24(21)38-2/h6-7,13-14,16,18,31-32H,8-12,15,30H2,1-3H3. The summed E-state index contributed by atoms with van der Waals surface area (Å²) in [7, 11) is 0.0340. The number of methoxy groups -OCH3 is 1. The number of nitrogens with two attached hydrogens (primary N) is 1. The predicted octanol–water partition coefficient (Wildman–Crippen LogP) is 3.40. The molecule has 1 aliphatic rings. The second kappa shape index (κ2) is 11.2. The van der Waals surface area contributed by atoms with Gasteiger partial charge >= 0.3 is 6.18 Å². The highest BCUT2D eigenvalue weighted by Crippen LogP contribution is 2.30. The topological polar surface area (TPSA) is 114 Å². The SMILES string of the molecule is COc1cc(S(C)(=O)=O)ccc1NCC#Cc1nc2c(NC3CCN(C)CC3)cc(N)cn2c1CC(F)(F)F. The molecule has 4 N–H and O–H groups in total. The van der Waals surface area contributed by atoms with Crippen LogP contribution >= 0.6 is 0 Å². The van der Waals surface area contributed by atoms with Gasteiger partial charge in [0.25, 0.3) is 0 Å². The number of fused-ring (bicyclic) bond motifs is 1. The van der Waals surface area contributed by atoms with Gasteiger partial charge in [-0.25, -0.2) is 13.4 Å². The first-order valence-corrected chi connectivity index (χ1v) is 14.2. The molecule has 210 valence electrons. The number of nitrogens with one attached hydrogen (secondary N) is 2. The average Bonchev–Trinajstić information content (AvgIpc) is 3.18. The van der Waals surface area contributed by atoms with Crippen LogP contribution in [-0.4, -0.2) is 75.0 Å². The highest BCUT2D eigenvalue weighted by molar-refractivity contribution is 7.90. The van der Waals surface area contributed by atoms with Crippen molar-refractivity contribution in [3.8, 4) is 17.6 Å². The Balaban J connectivity index is 1.63. The summed E-state index contributed by atoms with van der Waals surface area (Å²) in [4.78, 5) is 6.80. The number of benzene rings is 1. The number of pyridine rings is 1. The molecule has 3 aromatic rings. The van der Waals surface area contributed by atoms with E-state index >= 15 is 0 Å². The van der Waals surface area contributed by atoms with Gasteiger partial charge in [-0.2, -0.15) is 13.2 Å². The van der Waals surface area contributed by atoms with E-state index in [-0.39, 0.29) is 28.9 Å². The van der Waals surface area contributed by atoms with Gasteiger partial charge in [-0.3, -0.25) is 4.40 Å². The molecule has 1 aliphatic heterocycles. The van der Waals surface area contributed by atoms with Crippen LogP contribution in [0.3, 0.4) is 0 Å². The monoisotopic (exact) mass is 564 g/mol. The number of sulfone groups is 1. The summed E-state index contributed by atoms with van der Waals surface area (Å²) in [6.45, 7) is 1.88. The highest BCUT2D eigenvalue weighted by Gasteiger charge is 2.32. The molecule has 0 saturated carbocycles. The van der Waals surface area contributed by atoms with E-state index in [1.807, 2.05) is 7.05 Å². The van der Waals surface area contributed by atoms with E-state index < -0.39 is 22.4 Å². The number of piperidine rings is 1. The van der Waals surface area contributed by atoms with E-state index in [4.69, 9.17) is 10.5 Å². The maximum Gasteiger partial charge on any atom is 0.394 e. The van der Waals surface area contributed by atoms with Gasteiger partial charge in [-0.05, 0) is 57.1 Å². The summed E-state index contributed by atoms with van der Waals surface area (Å²) in [5, 5.41) is 6.42. The largest absolute Gasteiger partial charge is 0.495 e. The third kappa shape index (κ3) is 7.07. The summed E-state index contributed by atoms with van der Waals surface area (Å²) < 4.78 is 70.8.